The lowest BCUT2D eigenvalue weighted by Crippen LogP contribution is -2.27. The van der Waals surface area contributed by atoms with Gasteiger partial charge < -0.3 is 4.90 Å². The van der Waals surface area contributed by atoms with Gasteiger partial charge in [-0.2, -0.15) is 4.39 Å². The average molecular weight is 328 g/mol. The fraction of sp³-hybridized carbons (Fsp3) is 0.118. The molecule has 2 aliphatic rings. The molecule has 0 radical (unpaired) electrons. The Bertz CT molecular complexity index is 843. The minimum Gasteiger partial charge on any atom is -0.301 e. The van der Waals surface area contributed by atoms with E-state index in [-0.39, 0.29) is 11.9 Å². The highest BCUT2D eigenvalue weighted by atomic mass is 35.5. The van der Waals surface area contributed by atoms with Crippen LogP contribution in [0.25, 0.3) is 0 Å². The number of fused-ring (bicyclic) bond motifs is 1. The Balaban J connectivity index is 1.61. The Morgan fingerprint density at radius 1 is 1.17 bits per heavy atom. The van der Waals surface area contributed by atoms with Crippen LogP contribution in [0.15, 0.2) is 59.2 Å². The van der Waals surface area contributed by atoms with Gasteiger partial charge in [-0.1, -0.05) is 23.7 Å². The summed E-state index contributed by atoms with van der Waals surface area (Å²) in [6.07, 6.45) is 3.33. The molecule has 4 rings (SSSR count). The van der Waals surface area contributed by atoms with Gasteiger partial charge >= 0.3 is 0 Å². The van der Waals surface area contributed by atoms with Crippen LogP contribution in [-0.2, 0) is 4.79 Å². The molecule has 23 heavy (non-hydrogen) atoms. The van der Waals surface area contributed by atoms with Crippen molar-refractivity contribution in [3.05, 3.63) is 70.8 Å². The summed E-state index contributed by atoms with van der Waals surface area (Å²) < 4.78 is 12.9. The fourth-order valence-electron chi connectivity index (χ4n) is 2.79. The summed E-state index contributed by atoms with van der Waals surface area (Å²) in [6.45, 7) is 0.426. The molecule has 1 amide bonds. The van der Waals surface area contributed by atoms with E-state index in [9.17, 15) is 9.18 Å². The number of carbonyl (C=O) groups is 1. The summed E-state index contributed by atoms with van der Waals surface area (Å²) in [5.41, 5.74) is 2.91. The van der Waals surface area contributed by atoms with Crippen LogP contribution in [0.2, 0.25) is 5.02 Å². The summed E-state index contributed by atoms with van der Waals surface area (Å²) in [5, 5.41) is 0.665. The van der Waals surface area contributed by atoms with E-state index >= 15 is 0 Å². The summed E-state index contributed by atoms with van der Waals surface area (Å²) in [4.78, 5) is 22.2. The first-order valence-electron chi connectivity index (χ1n) is 7.09. The van der Waals surface area contributed by atoms with E-state index in [1.807, 2.05) is 30.3 Å². The molecule has 114 valence electrons. The Hall–Kier alpha value is -2.53. The average Bonchev–Trinajstić information content (AvgIpc) is 3.09. The van der Waals surface area contributed by atoms with E-state index in [0.717, 1.165) is 11.1 Å². The van der Waals surface area contributed by atoms with E-state index in [4.69, 9.17) is 11.6 Å². The Morgan fingerprint density at radius 2 is 1.96 bits per heavy atom. The van der Waals surface area contributed by atoms with Gasteiger partial charge in [-0.05, 0) is 35.9 Å². The molecule has 0 N–H and O–H groups in total. The van der Waals surface area contributed by atoms with Crippen molar-refractivity contribution in [3.8, 4) is 0 Å². The van der Waals surface area contributed by atoms with Gasteiger partial charge in [-0.15, -0.1) is 0 Å². The minimum atomic E-state index is -0.569. The van der Waals surface area contributed by atoms with Gasteiger partial charge in [0, 0.05) is 10.6 Å². The highest BCUT2D eigenvalue weighted by Crippen LogP contribution is 2.33. The van der Waals surface area contributed by atoms with Crippen LogP contribution in [-0.4, -0.2) is 23.1 Å². The zero-order valence-electron chi connectivity index (χ0n) is 11.9. The smallest absolute Gasteiger partial charge is 0.277 e. The largest absolute Gasteiger partial charge is 0.301 e. The molecule has 0 aliphatic carbocycles. The number of rotatable bonds is 2. The van der Waals surface area contributed by atoms with Crippen molar-refractivity contribution in [2.45, 2.75) is 6.04 Å². The highest BCUT2D eigenvalue weighted by Gasteiger charge is 2.37. The molecule has 1 atom stereocenters. The molecule has 4 nitrogen and oxygen atoms in total. The second-order valence-corrected chi connectivity index (χ2v) is 5.83. The van der Waals surface area contributed by atoms with Crippen LogP contribution in [0, 0.1) is 5.95 Å². The van der Waals surface area contributed by atoms with Gasteiger partial charge in [-0.3, -0.25) is 9.79 Å². The predicted molar refractivity (Wildman–Crippen MR) is 86.3 cm³/mol. The summed E-state index contributed by atoms with van der Waals surface area (Å²) >= 11 is 5.89. The standard InChI is InChI=1S/C17H11ClFN3O/c18-12-3-1-10(2-4-12)14-7-11-9-22(17(23)16(11)21-14)13-5-6-15(19)20-8-13/h1-8,14H,9H2. The van der Waals surface area contributed by atoms with Gasteiger partial charge in [0.05, 0.1) is 24.5 Å². The van der Waals surface area contributed by atoms with Gasteiger partial charge in [0.1, 0.15) is 5.71 Å². The number of pyridine rings is 1. The fourth-order valence-corrected chi connectivity index (χ4v) is 2.91. The lowest BCUT2D eigenvalue weighted by atomic mass is 10.1. The van der Waals surface area contributed by atoms with Gasteiger partial charge in [0.25, 0.3) is 5.91 Å². The lowest BCUT2D eigenvalue weighted by molar-refractivity contribution is -0.111. The van der Waals surface area contributed by atoms with Crippen LogP contribution < -0.4 is 4.90 Å². The summed E-state index contributed by atoms with van der Waals surface area (Å²) in [7, 11) is 0. The molecule has 0 bridgehead atoms. The monoisotopic (exact) mass is 327 g/mol. The zero-order valence-corrected chi connectivity index (χ0v) is 12.7. The molecule has 0 spiro atoms. The molecular weight excluding hydrogens is 317 g/mol. The van der Waals surface area contributed by atoms with Crippen molar-refractivity contribution in [2.24, 2.45) is 4.99 Å². The maximum absolute atomic E-state index is 12.9. The number of hydrogen-bond acceptors (Lipinski definition) is 3. The first-order chi connectivity index (χ1) is 11.1. The van der Waals surface area contributed by atoms with Crippen molar-refractivity contribution in [1.29, 1.82) is 0 Å². The first kappa shape index (κ1) is 14.1. The highest BCUT2D eigenvalue weighted by molar-refractivity contribution is 6.53. The molecule has 6 heteroatoms. The molecule has 2 aliphatic heterocycles. The van der Waals surface area contributed by atoms with Crippen LogP contribution >= 0.6 is 11.6 Å². The number of hydrogen-bond donors (Lipinski definition) is 0. The quantitative estimate of drug-likeness (QED) is 0.794. The second kappa shape index (κ2) is 5.28. The van der Waals surface area contributed by atoms with Gasteiger partial charge in [0.2, 0.25) is 5.95 Å². The molecule has 1 fully saturated rings. The topological polar surface area (TPSA) is 45.6 Å². The van der Waals surface area contributed by atoms with E-state index in [0.29, 0.717) is 23.0 Å². The second-order valence-electron chi connectivity index (χ2n) is 5.40. The van der Waals surface area contributed by atoms with Crippen molar-refractivity contribution in [1.82, 2.24) is 4.98 Å². The maximum atomic E-state index is 12.9. The van der Waals surface area contributed by atoms with E-state index in [1.165, 1.54) is 12.3 Å². The van der Waals surface area contributed by atoms with E-state index in [1.54, 1.807) is 11.0 Å². The molecule has 1 saturated heterocycles. The zero-order chi connectivity index (χ0) is 16.0. The molecular formula is C17H11ClFN3O. The Kier molecular flexibility index (Phi) is 3.23. The number of anilines is 1. The number of benzene rings is 1. The third-order valence-electron chi connectivity index (χ3n) is 3.94. The molecule has 2 aromatic rings. The Labute approximate surface area is 136 Å². The van der Waals surface area contributed by atoms with Crippen LogP contribution in [0.3, 0.4) is 0 Å². The summed E-state index contributed by atoms with van der Waals surface area (Å²) in [6, 6.07) is 10.0. The number of carbonyl (C=O) groups excluding carboxylic acids is 1. The molecule has 1 unspecified atom stereocenters. The number of halogens is 2. The lowest BCUT2D eigenvalue weighted by Gasteiger charge is -2.15. The van der Waals surface area contributed by atoms with Crippen molar-refractivity contribution in [3.63, 3.8) is 0 Å². The number of amides is 1. The van der Waals surface area contributed by atoms with Crippen LogP contribution in [0.1, 0.15) is 11.6 Å². The SMILES string of the molecule is O=C1C2=NC(c3ccc(Cl)cc3)C=C2CN1c1ccc(F)nc1. The van der Waals surface area contributed by atoms with Crippen LogP contribution in [0.5, 0.6) is 0 Å². The number of aromatic nitrogens is 1. The number of nitrogens with zero attached hydrogens (tertiary/aromatic N) is 3. The molecule has 1 aromatic carbocycles. The van der Waals surface area contributed by atoms with E-state index in [2.05, 4.69) is 9.98 Å². The normalized spacial score (nSPS) is 19.7. The van der Waals surface area contributed by atoms with Crippen molar-refractivity contribution in [2.75, 3.05) is 11.4 Å². The van der Waals surface area contributed by atoms with Gasteiger partial charge in [0.15, 0.2) is 0 Å². The third-order valence-corrected chi connectivity index (χ3v) is 4.19. The molecule has 3 heterocycles. The first-order valence-corrected chi connectivity index (χ1v) is 7.47. The van der Waals surface area contributed by atoms with E-state index < -0.39 is 5.95 Å². The number of aliphatic imine (C=N–C) groups is 1. The van der Waals surface area contributed by atoms with Crippen LogP contribution in [0.4, 0.5) is 10.1 Å². The van der Waals surface area contributed by atoms with Crippen molar-refractivity contribution < 1.29 is 9.18 Å². The third kappa shape index (κ3) is 2.43. The van der Waals surface area contributed by atoms with Crippen molar-refractivity contribution >= 4 is 28.9 Å². The van der Waals surface area contributed by atoms with Gasteiger partial charge in [-0.25, -0.2) is 4.98 Å². The Morgan fingerprint density at radius 3 is 2.61 bits per heavy atom. The maximum Gasteiger partial charge on any atom is 0.277 e. The minimum absolute atomic E-state index is 0.158. The summed E-state index contributed by atoms with van der Waals surface area (Å²) in [5.74, 6) is -0.749. The molecule has 1 aromatic heterocycles. The predicted octanol–water partition coefficient (Wildman–Crippen LogP) is 3.34. The molecule has 0 saturated carbocycles.